The lowest BCUT2D eigenvalue weighted by molar-refractivity contribution is 0.141. The van der Waals surface area contributed by atoms with Crippen molar-refractivity contribution in [3.8, 4) is 0 Å². The van der Waals surface area contributed by atoms with Crippen LogP contribution in [0.3, 0.4) is 0 Å². The molecule has 2 rings (SSSR count). The Hall–Kier alpha value is -1.94. The van der Waals surface area contributed by atoms with Crippen LogP contribution in [-0.4, -0.2) is 22.8 Å². The molecule has 0 unspecified atom stereocenters. The molecule has 0 atom stereocenters. The molecular weight excluding hydrogens is 276 g/mol. The Morgan fingerprint density at radius 3 is 2.59 bits per heavy atom. The Balaban J connectivity index is 2.24. The van der Waals surface area contributed by atoms with E-state index in [1.54, 1.807) is 4.57 Å². The minimum atomic E-state index is 0.0744. The van der Waals surface area contributed by atoms with Gasteiger partial charge in [-0.15, -0.1) is 0 Å². The maximum absolute atomic E-state index is 12.8. The summed E-state index contributed by atoms with van der Waals surface area (Å²) in [4.78, 5) is 17.3. The molecule has 118 valence electrons. The van der Waals surface area contributed by atoms with Gasteiger partial charge in [0, 0.05) is 37.4 Å². The van der Waals surface area contributed by atoms with E-state index in [-0.39, 0.29) is 5.56 Å². The number of hydrogen-bond acceptors (Lipinski definition) is 3. The fourth-order valence-corrected chi connectivity index (χ4v) is 2.57. The van der Waals surface area contributed by atoms with Crippen molar-refractivity contribution >= 4 is 0 Å². The Morgan fingerprint density at radius 2 is 1.91 bits per heavy atom. The monoisotopic (exact) mass is 300 g/mol. The van der Waals surface area contributed by atoms with Crippen LogP contribution in [0.25, 0.3) is 0 Å². The van der Waals surface area contributed by atoms with E-state index in [0.717, 1.165) is 29.1 Å². The number of hydrogen-bond donors (Lipinski definition) is 0. The second-order valence-electron chi connectivity index (χ2n) is 5.39. The highest BCUT2D eigenvalue weighted by Gasteiger charge is 2.12. The Morgan fingerprint density at radius 1 is 1.18 bits per heavy atom. The minimum Gasteiger partial charge on any atom is -0.382 e. The van der Waals surface area contributed by atoms with Gasteiger partial charge in [0.15, 0.2) is 0 Å². The van der Waals surface area contributed by atoms with Crippen molar-refractivity contribution in [3.05, 3.63) is 63.3 Å². The van der Waals surface area contributed by atoms with Gasteiger partial charge in [0.25, 0.3) is 5.56 Å². The van der Waals surface area contributed by atoms with Gasteiger partial charge in [0.1, 0.15) is 5.82 Å². The van der Waals surface area contributed by atoms with Crippen molar-refractivity contribution in [2.24, 2.45) is 0 Å². The molecule has 0 amide bonds. The summed E-state index contributed by atoms with van der Waals surface area (Å²) in [5, 5.41) is 0. The van der Waals surface area contributed by atoms with E-state index in [1.807, 2.05) is 51.1 Å². The van der Waals surface area contributed by atoms with Crippen LogP contribution in [0, 0.1) is 13.8 Å². The average molecular weight is 300 g/mol. The minimum absolute atomic E-state index is 0.0744. The van der Waals surface area contributed by atoms with Crippen molar-refractivity contribution in [1.82, 2.24) is 9.55 Å². The molecule has 2 aromatic rings. The molecule has 0 spiro atoms. The summed E-state index contributed by atoms with van der Waals surface area (Å²) in [6.07, 6.45) is 1.45. The lowest BCUT2D eigenvalue weighted by Crippen LogP contribution is -2.29. The van der Waals surface area contributed by atoms with Gasteiger partial charge < -0.3 is 4.74 Å². The summed E-state index contributed by atoms with van der Waals surface area (Å²) >= 11 is 0. The third kappa shape index (κ3) is 4.04. The zero-order chi connectivity index (χ0) is 15.9. The van der Waals surface area contributed by atoms with Crippen LogP contribution in [0.4, 0.5) is 0 Å². The van der Waals surface area contributed by atoms with Crippen molar-refractivity contribution in [1.29, 1.82) is 0 Å². The van der Waals surface area contributed by atoms with Gasteiger partial charge in [0.05, 0.1) is 0 Å². The highest BCUT2D eigenvalue weighted by molar-refractivity contribution is 5.27. The highest BCUT2D eigenvalue weighted by Crippen LogP contribution is 2.09. The van der Waals surface area contributed by atoms with Crippen molar-refractivity contribution in [2.75, 3.05) is 13.2 Å². The normalized spacial score (nSPS) is 10.9. The molecule has 22 heavy (non-hydrogen) atoms. The molecule has 0 bridgehead atoms. The molecule has 1 aromatic carbocycles. The largest absolute Gasteiger partial charge is 0.382 e. The SMILES string of the molecule is CCOCCCn1c(C)nc(C)c(Cc2ccccc2)c1=O. The van der Waals surface area contributed by atoms with Gasteiger partial charge in [-0.1, -0.05) is 30.3 Å². The zero-order valence-electron chi connectivity index (χ0n) is 13.6. The molecule has 0 fully saturated rings. The second kappa shape index (κ2) is 7.90. The lowest BCUT2D eigenvalue weighted by Gasteiger charge is -2.13. The molecule has 0 radical (unpaired) electrons. The number of rotatable bonds is 7. The van der Waals surface area contributed by atoms with Gasteiger partial charge in [-0.3, -0.25) is 9.36 Å². The molecule has 0 aliphatic carbocycles. The smallest absolute Gasteiger partial charge is 0.257 e. The number of nitrogens with zero attached hydrogens (tertiary/aromatic N) is 2. The molecule has 4 nitrogen and oxygen atoms in total. The first kappa shape index (κ1) is 16.4. The molecule has 0 saturated heterocycles. The van der Waals surface area contributed by atoms with Crippen LogP contribution < -0.4 is 5.56 Å². The molecule has 0 aliphatic rings. The lowest BCUT2D eigenvalue weighted by atomic mass is 10.0. The van der Waals surface area contributed by atoms with Crippen molar-refractivity contribution < 1.29 is 4.74 Å². The molecule has 0 aliphatic heterocycles. The van der Waals surface area contributed by atoms with E-state index in [4.69, 9.17) is 4.74 Å². The average Bonchev–Trinajstić information content (AvgIpc) is 2.51. The fraction of sp³-hybridized carbons (Fsp3) is 0.444. The summed E-state index contributed by atoms with van der Waals surface area (Å²) in [5.74, 6) is 0.774. The second-order valence-corrected chi connectivity index (χ2v) is 5.39. The molecule has 1 aromatic heterocycles. The Bertz CT molecular complexity index is 663. The topological polar surface area (TPSA) is 44.1 Å². The van der Waals surface area contributed by atoms with E-state index < -0.39 is 0 Å². The van der Waals surface area contributed by atoms with E-state index in [0.29, 0.717) is 26.2 Å². The van der Waals surface area contributed by atoms with E-state index >= 15 is 0 Å². The summed E-state index contributed by atoms with van der Waals surface area (Å²) < 4.78 is 7.12. The van der Waals surface area contributed by atoms with Gasteiger partial charge in [-0.05, 0) is 32.8 Å². The van der Waals surface area contributed by atoms with E-state index in [1.165, 1.54) is 0 Å². The molecule has 4 heteroatoms. The number of aryl methyl sites for hydroxylation is 2. The van der Waals surface area contributed by atoms with Gasteiger partial charge in [-0.2, -0.15) is 0 Å². The maximum atomic E-state index is 12.8. The molecule has 0 N–H and O–H groups in total. The van der Waals surface area contributed by atoms with Gasteiger partial charge >= 0.3 is 0 Å². The van der Waals surface area contributed by atoms with Gasteiger partial charge in [0.2, 0.25) is 0 Å². The summed E-state index contributed by atoms with van der Waals surface area (Å²) in [5.41, 5.74) is 2.82. The van der Waals surface area contributed by atoms with Gasteiger partial charge in [-0.25, -0.2) is 4.98 Å². The predicted molar refractivity (Wildman–Crippen MR) is 88.3 cm³/mol. The van der Waals surface area contributed by atoms with E-state index in [9.17, 15) is 4.79 Å². The van der Waals surface area contributed by atoms with Crippen LogP contribution in [0.5, 0.6) is 0 Å². The van der Waals surface area contributed by atoms with Crippen molar-refractivity contribution in [3.63, 3.8) is 0 Å². The van der Waals surface area contributed by atoms with E-state index in [2.05, 4.69) is 4.98 Å². The zero-order valence-corrected chi connectivity index (χ0v) is 13.6. The highest BCUT2D eigenvalue weighted by atomic mass is 16.5. The number of benzene rings is 1. The first-order valence-electron chi connectivity index (χ1n) is 7.82. The van der Waals surface area contributed by atoms with Crippen LogP contribution in [0.15, 0.2) is 35.1 Å². The third-order valence-electron chi connectivity index (χ3n) is 3.76. The van der Waals surface area contributed by atoms with Crippen LogP contribution in [0.1, 0.15) is 36.0 Å². The van der Waals surface area contributed by atoms with Crippen molar-refractivity contribution in [2.45, 2.75) is 40.2 Å². The Labute approximate surface area is 131 Å². The number of aromatic nitrogens is 2. The predicted octanol–water partition coefficient (Wildman–Crippen LogP) is 2.88. The molecule has 1 heterocycles. The maximum Gasteiger partial charge on any atom is 0.257 e. The summed E-state index contributed by atoms with van der Waals surface area (Å²) in [6.45, 7) is 7.81. The standard InChI is InChI=1S/C18H24N2O2/c1-4-22-12-8-11-20-15(3)19-14(2)17(18(20)21)13-16-9-6-5-7-10-16/h5-7,9-10H,4,8,11-13H2,1-3H3. The fourth-order valence-electron chi connectivity index (χ4n) is 2.57. The number of ether oxygens (including phenoxy) is 1. The first-order valence-corrected chi connectivity index (χ1v) is 7.82. The van der Waals surface area contributed by atoms with Crippen LogP contribution in [0.2, 0.25) is 0 Å². The molecular formula is C18H24N2O2. The quantitative estimate of drug-likeness (QED) is 0.739. The summed E-state index contributed by atoms with van der Waals surface area (Å²) in [6, 6.07) is 10.0. The Kier molecular flexibility index (Phi) is 5.90. The van der Waals surface area contributed by atoms with Crippen LogP contribution in [-0.2, 0) is 17.7 Å². The first-order chi connectivity index (χ1) is 10.6. The summed E-state index contributed by atoms with van der Waals surface area (Å²) in [7, 11) is 0. The molecule has 0 saturated carbocycles. The third-order valence-corrected chi connectivity index (χ3v) is 3.76. The van der Waals surface area contributed by atoms with Crippen LogP contribution >= 0.6 is 0 Å².